The first kappa shape index (κ1) is 11.2. The van der Waals surface area contributed by atoms with E-state index in [1.54, 1.807) is 10.9 Å². The first-order chi connectivity index (χ1) is 6.72. The van der Waals surface area contributed by atoms with Crippen LogP contribution in [0.15, 0.2) is 16.9 Å². The highest BCUT2D eigenvalue weighted by atomic mass is 79.9. The van der Waals surface area contributed by atoms with Crippen molar-refractivity contribution >= 4 is 21.8 Å². The smallest absolute Gasteiger partial charge is 0.221 e. The molecule has 4 nitrogen and oxygen atoms in total. The standard InChI is InChI=1S/C9H14BrN3O/c1-2-4-11-9(14)3-5-13-7-8(10)6-12-13/h6-7H,2-5H2,1H3,(H,11,14). The number of hydrogen-bond donors (Lipinski definition) is 1. The molecule has 0 aliphatic heterocycles. The van der Waals surface area contributed by atoms with Crippen molar-refractivity contribution in [2.45, 2.75) is 26.3 Å². The Morgan fingerprint density at radius 1 is 1.71 bits per heavy atom. The van der Waals surface area contributed by atoms with Gasteiger partial charge in [0.2, 0.25) is 5.91 Å². The number of amides is 1. The van der Waals surface area contributed by atoms with E-state index in [9.17, 15) is 4.79 Å². The molecule has 0 atom stereocenters. The Labute approximate surface area is 91.8 Å². The summed E-state index contributed by atoms with van der Waals surface area (Å²) < 4.78 is 2.68. The van der Waals surface area contributed by atoms with E-state index in [1.807, 2.05) is 13.1 Å². The van der Waals surface area contributed by atoms with Crippen LogP contribution < -0.4 is 5.32 Å². The molecule has 78 valence electrons. The average Bonchev–Trinajstić information content (AvgIpc) is 2.58. The summed E-state index contributed by atoms with van der Waals surface area (Å²) in [6.07, 6.45) is 5.02. The molecule has 0 aliphatic carbocycles. The van der Waals surface area contributed by atoms with E-state index in [0.29, 0.717) is 13.0 Å². The second-order valence-corrected chi connectivity index (χ2v) is 3.94. The fourth-order valence-electron chi connectivity index (χ4n) is 1.03. The molecule has 1 aromatic rings. The molecule has 14 heavy (non-hydrogen) atoms. The lowest BCUT2D eigenvalue weighted by Crippen LogP contribution is -2.25. The fraction of sp³-hybridized carbons (Fsp3) is 0.556. The van der Waals surface area contributed by atoms with Crippen molar-refractivity contribution in [3.63, 3.8) is 0 Å². The molecule has 0 unspecified atom stereocenters. The van der Waals surface area contributed by atoms with Crippen LogP contribution in [0.25, 0.3) is 0 Å². The van der Waals surface area contributed by atoms with Crippen molar-refractivity contribution in [3.05, 3.63) is 16.9 Å². The zero-order chi connectivity index (χ0) is 10.4. The minimum absolute atomic E-state index is 0.0819. The number of halogens is 1. The lowest BCUT2D eigenvalue weighted by Gasteiger charge is -2.03. The molecule has 0 fully saturated rings. The Morgan fingerprint density at radius 2 is 2.50 bits per heavy atom. The van der Waals surface area contributed by atoms with Gasteiger partial charge in [-0.3, -0.25) is 9.48 Å². The van der Waals surface area contributed by atoms with E-state index >= 15 is 0 Å². The number of hydrogen-bond acceptors (Lipinski definition) is 2. The van der Waals surface area contributed by atoms with Gasteiger partial charge in [-0.2, -0.15) is 5.10 Å². The van der Waals surface area contributed by atoms with Gasteiger partial charge in [-0.25, -0.2) is 0 Å². The van der Waals surface area contributed by atoms with Gasteiger partial charge in [0.1, 0.15) is 0 Å². The Balaban J connectivity index is 2.23. The Morgan fingerprint density at radius 3 is 3.07 bits per heavy atom. The molecule has 0 aromatic carbocycles. The molecule has 1 aromatic heterocycles. The van der Waals surface area contributed by atoms with Gasteiger partial charge in [-0.05, 0) is 22.4 Å². The number of aryl methyl sites for hydroxylation is 1. The van der Waals surface area contributed by atoms with Crippen molar-refractivity contribution in [2.75, 3.05) is 6.54 Å². The largest absolute Gasteiger partial charge is 0.356 e. The first-order valence-corrected chi connectivity index (χ1v) is 5.46. The van der Waals surface area contributed by atoms with Crippen molar-refractivity contribution in [3.8, 4) is 0 Å². The average molecular weight is 260 g/mol. The second kappa shape index (κ2) is 5.80. The van der Waals surface area contributed by atoms with Crippen molar-refractivity contribution in [1.29, 1.82) is 0 Å². The van der Waals surface area contributed by atoms with E-state index in [-0.39, 0.29) is 5.91 Å². The van der Waals surface area contributed by atoms with Gasteiger partial charge in [0, 0.05) is 25.7 Å². The fourth-order valence-corrected chi connectivity index (χ4v) is 1.36. The van der Waals surface area contributed by atoms with E-state index in [0.717, 1.165) is 17.4 Å². The lowest BCUT2D eigenvalue weighted by atomic mass is 10.4. The summed E-state index contributed by atoms with van der Waals surface area (Å²) in [7, 11) is 0. The van der Waals surface area contributed by atoms with Gasteiger partial charge in [0.05, 0.1) is 10.7 Å². The molecular formula is C9H14BrN3O. The molecule has 0 aliphatic rings. The minimum atomic E-state index is 0.0819. The summed E-state index contributed by atoms with van der Waals surface area (Å²) in [6, 6.07) is 0. The summed E-state index contributed by atoms with van der Waals surface area (Å²) >= 11 is 3.30. The summed E-state index contributed by atoms with van der Waals surface area (Å²) in [5, 5.41) is 6.88. The normalized spacial score (nSPS) is 10.1. The zero-order valence-corrected chi connectivity index (χ0v) is 9.75. The van der Waals surface area contributed by atoms with Crippen molar-refractivity contribution in [1.82, 2.24) is 15.1 Å². The van der Waals surface area contributed by atoms with Crippen LogP contribution in [0.5, 0.6) is 0 Å². The van der Waals surface area contributed by atoms with E-state index in [1.165, 1.54) is 0 Å². The first-order valence-electron chi connectivity index (χ1n) is 4.67. The maximum atomic E-state index is 11.2. The quantitative estimate of drug-likeness (QED) is 0.873. The molecule has 1 rings (SSSR count). The van der Waals surface area contributed by atoms with Gasteiger partial charge < -0.3 is 5.32 Å². The highest BCUT2D eigenvalue weighted by Gasteiger charge is 2.01. The third kappa shape index (κ3) is 3.91. The molecular weight excluding hydrogens is 246 g/mol. The number of carbonyl (C=O) groups excluding carboxylic acids is 1. The summed E-state index contributed by atoms with van der Waals surface area (Å²) in [5.41, 5.74) is 0. The van der Waals surface area contributed by atoms with E-state index in [4.69, 9.17) is 0 Å². The van der Waals surface area contributed by atoms with Crippen LogP contribution >= 0.6 is 15.9 Å². The number of nitrogens with zero attached hydrogens (tertiary/aromatic N) is 2. The highest BCUT2D eigenvalue weighted by molar-refractivity contribution is 9.10. The third-order valence-electron chi connectivity index (χ3n) is 1.74. The van der Waals surface area contributed by atoms with Crippen molar-refractivity contribution in [2.24, 2.45) is 0 Å². The van der Waals surface area contributed by atoms with E-state index in [2.05, 4.69) is 26.3 Å². The summed E-state index contributed by atoms with van der Waals surface area (Å²) in [4.78, 5) is 11.2. The summed E-state index contributed by atoms with van der Waals surface area (Å²) in [6.45, 7) is 3.41. The molecule has 1 amide bonds. The third-order valence-corrected chi connectivity index (χ3v) is 2.15. The molecule has 1 heterocycles. The number of aromatic nitrogens is 2. The van der Waals surface area contributed by atoms with Crippen LogP contribution in [0, 0.1) is 0 Å². The predicted molar refractivity (Wildman–Crippen MR) is 57.8 cm³/mol. The topological polar surface area (TPSA) is 46.9 Å². The maximum Gasteiger partial charge on any atom is 0.221 e. The SMILES string of the molecule is CCCNC(=O)CCn1cc(Br)cn1. The van der Waals surface area contributed by atoms with Crippen LogP contribution in [0.2, 0.25) is 0 Å². The van der Waals surface area contributed by atoms with Crippen LogP contribution in [-0.2, 0) is 11.3 Å². The number of nitrogens with one attached hydrogen (secondary N) is 1. The second-order valence-electron chi connectivity index (χ2n) is 3.02. The Kier molecular flexibility index (Phi) is 4.65. The Bertz CT molecular complexity index is 298. The van der Waals surface area contributed by atoms with Gasteiger partial charge in [0.15, 0.2) is 0 Å². The van der Waals surface area contributed by atoms with Gasteiger partial charge in [-0.1, -0.05) is 6.92 Å². The molecule has 0 bridgehead atoms. The van der Waals surface area contributed by atoms with E-state index < -0.39 is 0 Å². The lowest BCUT2D eigenvalue weighted by molar-refractivity contribution is -0.121. The molecule has 1 N–H and O–H groups in total. The van der Waals surface area contributed by atoms with Crippen LogP contribution in [-0.4, -0.2) is 22.2 Å². The monoisotopic (exact) mass is 259 g/mol. The number of rotatable bonds is 5. The summed E-state index contributed by atoms with van der Waals surface area (Å²) in [5.74, 6) is 0.0819. The van der Waals surface area contributed by atoms with Crippen molar-refractivity contribution < 1.29 is 4.79 Å². The van der Waals surface area contributed by atoms with Gasteiger partial charge in [0.25, 0.3) is 0 Å². The molecule has 5 heteroatoms. The predicted octanol–water partition coefficient (Wildman–Crippen LogP) is 1.56. The maximum absolute atomic E-state index is 11.2. The van der Waals surface area contributed by atoms with Crippen LogP contribution in [0.4, 0.5) is 0 Å². The van der Waals surface area contributed by atoms with Gasteiger partial charge in [-0.15, -0.1) is 0 Å². The minimum Gasteiger partial charge on any atom is -0.356 e. The molecule has 0 radical (unpaired) electrons. The van der Waals surface area contributed by atoms with Crippen LogP contribution in [0.1, 0.15) is 19.8 Å². The molecule has 0 saturated heterocycles. The van der Waals surface area contributed by atoms with Crippen LogP contribution in [0.3, 0.4) is 0 Å². The molecule has 0 saturated carbocycles. The zero-order valence-electron chi connectivity index (χ0n) is 8.16. The highest BCUT2D eigenvalue weighted by Crippen LogP contribution is 2.06. The number of carbonyl (C=O) groups is 1. The Hall–Kier alpha value is -0.840. The molecule has 0 spiro atoms. The van der Waals surface area contributed by atoms with Gasteiger partial charge >= 0.3 is 0 Å².